The summed E-state index contributed by atoms with van der Waals surface area (Å²) in [5, 5.41) is 31.6. The minimum absolute atomic E-state index is 0.0245. The number of hydrogen-bond acceptors (Lipinski definition) is 11. The molecule has 0 saturated carbocycles. The number of allylic oxidation sites excluding steroid dienone is 18. The van der Waals surface area contributed by atoms with E-state index in [9.17, 15) is 34.5 Å². The van der Waals surface area contributed by atoms with E-state index >= 15 is 0 Å². The molecule has 0 amide bonds. The highest BCUT2D eigenvalue weighted by Gasteiger charge is 2.50. The van der Waals surface area contributed by atoms with Crippen LogP contribution in [0.15, 0.2) is 109 Å². The maximum absolute atomic E-state index is 13.2. The molecule has 472 valence electrons. The van der Waals surface area contributed by atoms with Gasteiger partial charge in [-0.25, -0.2) is 4.79 Å². The number of rotatable bonds is 55. The SMILES string of the molecule is CC/C=C\C/C=C\C/C=C\C/C=C\CCCCCCC(=O)OC(COC(=O)CCCCCCCCCCC/C=C\CCCCCCCC)COC1OC(C(=O)O)C(O)C(O)C1OC(=O)CCCCCC/C=C\C/C=C\C/C=C\C/C=C\CC. The Bertz CT molecular complexity index is 1860. The van der Waals surface area contributed by atoms with Crippen LogP contribution in [0.1, 0.15) is 265 Å². The average Bonchev–Trinajstić information content (AvgIpc) is 3.59. The molecule has 1 saturated heterocycles. The summed E-state index contributed by atoms with van der Waals surface area (Å²) in [5.41, 5.74) is 0. The summed E-state index contributed by atoms with van der Waals surface area (Å²) >= 11 is 0. The molecule has 1 fully saturated rings. The topological polar surface area (TPSA) is 175 Å². The number of carbonyl (C=O) groups excluding carboxylic acids is 3. The van der Waals surface area contributed by atoms with E-state index < -0.39 is 67.3 Å². The lowest BCUT2D eigenvalue weighted by Gasteiger charge is -2.40. The molecule has 3 N–H and O–H groups in total. The molecule has 1 rings (SSSR count). The molecular formula is C71H116O12. The van der Waals surface area contributed by atoms with Crippen molar-refractivity contribution in [3.8, 4) is 0 Å². The van der Waals surface area contributed by atoms with Gasteiger partial charge in [0.25, 0.3) is 0 Å². The molecule has 0 aromatic heterocycles. The van der Waals surface area contributed by atoms with Crippen LogP contribution < -0.4 is 0 Å². The van der Waals surface area contributed by atoms with E-state index in [1.165, 1.54) is 83.5 Å². The molecule has 0 bridgehead atoms. The Balaban J connectivity index is 2.69. The standard InChI is InChI=1S/C71H116O12/c1-4-7-10-13-16-19-22-25-28-31-32-35-36-39-42-45-48-51-54-57-63(72)79-60-62(81-64(73)58-55-52-49-46-43-40-37-33-29-26-23-20-17-14-11-8-5-2)61-80-71-69(67(76)66(75)68(83-71)70(77)78)82-65(74)59-56-53-50-47-44-41-38-34-30-27-24-21-18-15-12-9-6-3/h8-9,11-12,17-18,20-21,25-30,37-38,40-41,62,66-69,71,75-76H,4-7,10,13-16,19,22-24,31-36,39,42-61H2,1-3H3,(H,77,78)/b11-8-,12-9-,20-17-,21-18-,28-25-,29-26-,30-27-,40-37-,41-38-. The summed E-state index contributed by atoms with van der Waals surface area (Å²) in [6.07, 6.45) is 66.1. The Morgan fingerprint density at radius 2 is 0.759 bits per heavy atom. The van der Waals surface area contributed by atoms with Crippen LogP contribution in [-0.2, 0) is 42.9 Å². The van der Waals surface area contributed by atoms with Crippen molar-refractivity contribution in [3.63, 3.8) is 0 Å². The number of ether oxygens (including phenoxy) is 5. The van der Waals surface area contributed by atoms with Gasteiger partial charge in [0, 0.05) is 19.3 Å². The number of carbonyl (C=O) groups is 4. The molecule has 1 aliphatic rings. The molecule has 83 heavy (non-hydrogen) atoms. The van der Waals surface area contributed by atoms with Crippen LogP contribution in [0.4, 0.5) is 0 Å². The number of unbranched alkanes of at least 4 members (excludes halogenated alkanes) is 23. The zero-order valence-corrected chi connectivity index (χ0v) is 52.2. The highest BCUT2D eigenvalue weighted by atomic mass is 16.7. The average molecular weight is 1160 g/mol. The number of esters is 3. The van der Waals surface area contributed by atoms with E-state index in [0.29, 0.717) is 19.3 Å². The van der Waals surface area contributed by atoms with Crippen LogP contribution in [0, 0.1) is 0 Å². The number of hydrogen-bond donors (Lipinski definition) is 3. The normalized spacial score (nSPS) is 18.3. The maximum Gasteiger partial charge on any atom is 0.335 e. The van der Waals surface area contributed by atoms with E-state index in [1.54, 1.807) is 0 Å². The number of aliphatic hydroxyl groups is 2. The van der Waals surface area contributed by atoms with Gasteiger partial charge in [-0.05, 0) is 122 Å². The fourth-order valence-corrected chi connectivity index (χ4v) is 9.34. The zero-order valence-electron chi connectivity index (χ0n) is 52.2. The fraction of sp³-hybridized carbons (Fsp3) is 0.690. The summed E-state index contributed by atoms with van der Waals surface area (Å²) in [6.45, 7) is 5.75. The minimum atomic E-state index is -1.92. The smallest absolute Gasteiger partial charge is 0.335 e. The van der Waals surface area contributed by atoms with Crippen LogP contribution >= 0.6 is 0 Å². The molecule has 6 unspecified atom stereocenters. The number of carboxylic acids is 1. The van der Waals surface area contributed by atoms with Crippen molar-refractivity contribution in [2.45, 2.75) is 302 Å². The summed E-state index contributed by atoms with van der Waals surface area (Å²) in [7, 11) is 0. The largest absolute Gasteiger partial charge is 0.479 e. The molecule has 12 nitrogen and oxygen atoms in total. The maximum atomic E-state index is 13.2. The monoisotopic (exact) mass is 1160 g/mol. The summed E-state index contributed by atoms with van der Waals surface area (Å²) in [4.78, 5) is 51.4. The van der Waals surface area contributed by atoms with Gasteiger partial charge in [-0.2, -0.15) is 0 Å². The summed E-state index contributed by atoms with van der Waals surface area (Å²) < 4.78 is 28.5. The lowest BCUT2D eigenvalue weighted by Crippen LogP contribution is -2.61. The van der Waals surface area contributed by atoms with Crippen molar-refractivity contribution in [1.82, 2.24) is 0 Å². The van der Waals surface area contributed by atoms with Crippen molar-refractivity contribution >= 4 is 23.9 Å². The second kappa shape index (κ2) is 57.8. The molecule has 0 aromatic carbocycles. The Labute approximate surface area is 504 Å². The Morgan fingerprint density at radius 3 is 1.17 bits per heavy atom. The van der Waals surface area contributed by atoms with E-state index in [0.717, 1.165) is 122 Å². The van der Waals surface area contributed by atoms with Crippen molar-refractivity contribution in [2.75, 3.05) is 13.2 Å². The summed E-state index contributed by atoms with van der Waals surface area (Å²) in [5.74, 6) is -3.19. The predicted molar refractivity (Wildman–Crippen MR) is 340 cm³/mol. The van der Waals surface area contributed by atoms with E-state index in [-0.39, 0.29) is 25.9 Å². The van der Waals surface area contributed by atoms with Crippen molar-refractivity contribution in [2.24, 2.45) is 0 Å². The van der Waals surface area contributed by atoms with Gasteiger partial charge in [0.05, 0.1) is 6.61 Å². The number of aliphatic hydroxyl groups excluding tert-OH is 2. The fourth-order valence-electron chi connectivity index (χ4n) is 9.34. The Kier molecular flexibility index (Phi) is 53.2. The quantitative estimate of drug-likeness (QED) is 0.0228. The van der Waals surface area contributed by atoms with E-state index in [4.69, 9.17) is 23.7 Å². The van der Waals surface area contributed by atoms with Crippen LogP contribution in [0.3, 0.4) is 0 Å². The van der Waals surface area contributed by atoms with Gasteiger partial charge in [0.15, 0.2) is 24.6 Å². The third kappa shape index (κ3) is 47.3. The van der Waals surface area contributed by atoms with Crippen LogP contribution in [-0.4, -0.2) is 89.2 Å². The predicted octanol–water partition coefficient (Wildman–Crippen LogP) is 17.8. The van der Waals surface area contributed by atoms with Crippen molar-refractivity contribution < 1.29 is 58.2 Å². The van der Waals surface area contributed by atoms with Crippen LogP contribution in [0.2, 0.25) is 0 Å². The first-order chi connectivity index (χ1) is 40.6. The minimum Gasteiger partial charge on any atom is -0.479 e. The molecule has 0 spiro atoms. The van der Waals surface area contributed by atoms with Crippen molar-refractivity contribution in [3.05, 3.63) is 109 Å². The van der Waals surface area contributed by atoms with Gasteiger partial charge in [0.2, 0.25) is 0 Å². The van der Waals surface area contributed by atoms with Gasteiger partial charge >= 0.3 is 23.9 Å². The number of carboxylic acid groups (broad SMARTS) is 1. The Hall–Kier alpha value is -4.62. The van der Waals surface area contributed by atoms with Gasteiger partial charge in [-0.1, -0.05) is 233 Å². The molecule has 0 radical (unpaired) electrons. The zero-order chi connectivity index (χ0) is 60.3. The molecule has 12 heteroatoms. The molecule has 0 aromatic rings. The van der Waals surface area contributed by atoms with Crippen LogP contribution in [0.25, 0.3) is 0 Å². The molecule has 6 atom stereocenters. The second-order valence-corrected chi connectivity index (χ2v) is 22.0. The molecule has 1 heterocycles. The highest BCUT2D eigenvalue weighted by Crippen LogP contribution is 2.26. The third-order valence-electron chi connectivity index (χ3n) is 14.3. The van der Waals surface area contributed by atoms with Gasteiger partial charge in [-0.3, -0.25) is 14.4 Å². The Morgan fingerprint density at radius 1 is 0.410 bits per heavy atom. The van der Waals surface area contributed by atoms with E-state index in [1.807, 2.05) is 0 Å². The third-order valence-corrected chi connectivity index (χ3v) is 14.3. The van der Waals surface area contributed by atoms with Gasteiger partial charge in [-0.15, -0.1) is 0 Å². The van der Waals surface area contributed by atoms with E-state index in [2.05, 4.69) is 130 Å². The first-order valence-electron chi connectivity index (χ1n) is 32.9. The van der Waals surface area contributed by atoms with Crippen LogP contribution in [0.5, 0.6) is 0 Å². The first kappa shape index (κ1) is 76.4. The van der Waals surface area contributed by atoms with Crippen molar-refractivity contribution in [1.29, 1.82) is 0 Å². The molecular weight excluding hydrogens is 1040 g/mol. The van der Waals surface area contributed by atoms with Gasteiger partial charge in [0.1, 0.15) is 18.8 Å². The second-order valence-electron chi connectivity index (χ2n) is 22.0. The molecule has 0 aliphatic carbocycles. The lowest BCUT2D eigenvalue weighted by atomic mass is 9.98. The molecule has 1 aliphatic heterocycles. The first-order valence-corrected chi connectivity index (χ1v) is 32.9. The lowest BCUT2D eigenvalue weighted by molar-refractivity contribution is -0.301. The number of aliphatic carboxylic acids is 1. The highest BCUT2D eigenvalue weighted by molar-refractivity contribution is 5.74. The summed E-state index contributed by atoms with van der Waals surface area (Å²) in [6, 6.07) is 0. The van der Waals surface area contributed by atoms with Gasteiger partial charge < -0.3 is 39.0 Å².